The molecule has 1 aromatic rings. The molecule has 0 saturated carbocycles. The molecule has 194 valence electrons. The summed E-state index contributed by atoms with van der Waals surface area (Å²) in [6.07, 6.45) is 4.74. The van der Waals surface area contributed by atoms with Crippen molar-refractivity contribution in [2.75, 3.05) is 20.3 Å². The minimum atomic E-state index is -0.971. The zero-order valence-electron chi connectivity index (χ0n) is 22.0. The molecule has 2 fully saturated rings. The molecule has 1 aromatic carbocycles. The standard InChI is InChI=1S/C28H38BNO6/c1-6-9-30-27(32)21-13-20(15-35-5)24-22(25(21)28(30)33)14-29(34)36-23(24)8-7-16(2)10-19-11-17(3)26(31)18(4)12-19/h10-12,21-23,25,31,34H,6-9,13-15H2,1-5H3/b16-10+/t21-,22+,23-,25-/m1/s1. The Morgan fingerprint density at radius 1 is 1.22 bits per heavy atom. The predicted octanol–water partition coefficient (Wildman–Crippen LogP) is 4.05. The summed E-state index contributed by atoms with van der Waals surface area (Å²) in [6.45, 7) is 8.65. The van der Waals surface area contributed by atoms with E-state index in [2.05, 4.69) is 13.0 Å². The van der Waals surface area contributed by atoms with E-state index in [-0.39, 0.29) is 29.8 Å². The van der Waals surface area contributed by atoms with Gasteiger partial charge in [0, 0.05) is 13.7 Å². The first-order valence-electron chi connectivity index (χ1n) is 13.0. The van der Waals surface area contributed by atoms with Crippen LogP contribution in [0.25, 0.3) is 6.08 Å². The van der Waals surface area contributed by atoms with Crippen LogP contribution in [0.5, 0.6) is 5.75 Å². The van der Waals surface area contributed by atoms with E-state index in [1.807, 2.05) is 32.9 Å². The molecular weight excluding hydrogens is 457 g/mol. The number of phenolic OH excluding ortho intramolecular Hbond substituents is 1. The lowest BCUT2D eigenvalue weighted by atomic mass is 9.58. The van der Waals surface area contributed by atoms with Crippen LogP contribution in [0.3, 0.4) is 0 Å². The zero-order chi connectivity index (χ0) is 26.1. The Balaban J connectivity index is 1.59. The number of aromatic hydroxyl groups is 1. The molecule has 7 nitrogen and oxygen atoms in total. The highest BCUT2D eigenvalue weighted by molar-refractivity contribution is 6.43. The Bertz CT molecular complexity index is 1070. The molecule has 0 aromatic heterocycles. The molecule has 0 bridgehead atoms. The normalized spacial score (nSPS) is 26.6. The van der Waals surface area contributed by atoms with Crippen molar-refractivity contribution in [2.24, 2.45) is 17.8 Å². The van der Waals surface area contributed by atoms with Crippen molar-refractivity contribution in [3.8, 4) is 5.75 Å². The highest BCUT2D eigenvalue weighted by Crippen LogP contribution is 2.50. The summed E-state index contributed by atoms with van der Waals surface area (Å²) in [7, 11) is 0.669. The van der Waals surface area contributed by atoms with E-state index in [0.29, 0.717) is 38.1 Å². The van der Waals surface area contributed by atoms with E-state index in [4.69, 9.17) is 9.39 Å². The van der Waals surface area contributed by atoms with Crippen LogP contribution >= 0.6 is 0 Å². The molecule has 2 N–H and O–H groups in total. The summed E-state index contributed by atoms with van der Waals surface area (Å²) in [5.74, 6) is -0.890. The molecule has 1 aliphatic carbocycles. The predicted molar refractivity (Wildman–Crippen MR) is 139 cm³/mol. The number of rotatable bonds is 8. The van der Waals surface area contributed by atoms with Crippen LogP contribution in [0.15, 0.2) is 28.9 Å². The van der Waals surface area contributed by atoms with Gasteiger partial charge in [-0.05, 0) is 98.7 Å². The third-order valence-electron chi connectivity index (χ3n) is 7.89. The number of imide groups is 1. The molecule has 0 unspecified atom stereocenters. The topological polar surface area (TPSA) is 96.3 Å². The van der Waals surface area contributed by atoms with Gasteiger partial charge in [0.25, 0.3) is 0 Å². The molecule has 0 spiro atoms. The molecule has 4 atom stereocenters. The van der Waals surface area contributed by atoms with Gasteiger partial charge >= 0.3 is 7.12 Å². The molecule has 4 rings (SSSR count). The molecule has 3 aliphatic rings. The van der Waals surface area contributed by atoms with Gasteiger partial charge in [-0.3, -0.25) is 14.5 Å². The number of likely N-dealkylation sites (tertiary alicyclic amines) is 1. The summed E-state index contributed by atoms with van der Waals surface area (Å²) in [6, 6.07) is 3.93. The van der Waals surface area contributed by atoms with E-state index in [1.54, 1.807) is 7.11 Å². The lowest BCUT2D eigenvalue weighted by molar-refractivity contribution is -0.140. The van der Waals surface area contributed by atoms with Crippen molar-refractivity contribution in [1.29, 1.82) is 0 Å². The van der Waals surface area contributed by atoms with Crippen molar-refractivity contribution >= 4 is 25.0 Å². The van der Waals surface area contributed by atoms with Gasteiger partial charge in [-0.2, -0.15) is 0 Å². The SMILES string of the molecule is CCCN1C(=O)[C@@H]2[C@@H](CC(COC)=C3[C@@H](CC/C(C)=C/c4cc(C)c(O)c(C)c4)OB(O)C[C@@H]32)C1=O. The van der Waals surface area contributed by atoms with Gasteiger partial charge in [-0.1, -0.05) is 18.6 Å². The fourth-order valence-corrected chi connectivity index (χ4v) is 6.37. The smallest absolute Gasteiger partial charge is 0.455 e. The average molecular weight is 495 g/mol. The van der Waals surface area contributed by atoms with Gasteiger partial charge in [-0.15, -0.1) is 0 Å². The second-order valence-electron chi connectivity index (χ2n) is 10.6. The van der Waals surface area contributed by atoms with E-state index >= 15 is 0 Å². The number of ether oxygens (including phenoxy) is 1. The van der Waals surface area contributed by atoms with Crippen molar-refractivity contribution in [1.82, 2.24) is 4.90 Å². The second kappa shape index (κ2) is 10.9. The third kappa shape index (κ3) is 5.04. The van der Waals surface area contributed by atoms with Crippen LogP contribution in [-0.4, -0.2) is 60.3 Å². The van der Waals surface area contributed by atoms with Crippen LogP contribution in [-0.2, 0) is 19.0 Å². The Kier molecular flexibility index (Phi) is 8.07. The Morgan fingerprint density at radius 2 is 1.92 bits per heavy atom. The van der Waals surface area contributed by atoms with Crippen LogP contribution in [0.1, 0.15) is 56.2 Å². The first-order chi connectivity index (χ1) is 17.2. The van der Waals surface area contributed by atoms with Crippen molar-refractivity contribution in [2.45, 2.75) is 65.8 Å². The fourth-order valence-electron chi connectivity index (χ4n) is 6.37. The molecule has 8 heteroatoms. The number of benzene rings is 1. The fraction of sp³-hybridized carbons (Fsp3) is 0.571. The summed E-state index contributed by atoms with van der Waals surface area (Å²) < 4.78 is 11.6. The maximum Gasteiger partial charge on any atom is 0.455 e. The summed E-state index contributed by atoms with van der Waals surface area (Å²) in [4.78, 5) is 27.9. The number of fused-ring (bicyclic) bond motifs is 3. The van der Waals surface area contributed by atoms with Gasteiger partial charge < -0.3 is 19.5 Å². The number of phenols is 1. The quantitative estimate of drug-likeness (QED) is 0.321. The van der Waals surface area contributed by atoms with Crippen LogP contribution < -0.4 is 0 Å². The number of methoxy groups -OCH3 is 1. The van der Waals surface area contributed by atoms with Gasteiger partial charge in [0.1, 0.15) is 5.75 Å². The number of nitrogens with zero attached hydrogens (tertiary/aromatic N) is 1. The molecule has 0 radical (unpaired) electrons. The highest BCUT2D eigenvalue weighted by Gasteiger charge is 2.57. The lowest BCUT2D eigenvalue weighted by Crippen LogP contribution is -2.46. The third-order valence-corrected chi connectivity index (χ3v) is 7.89. The molecule has 2 aliphatic heterocycles. The minimum absolute atomic E-state index is 0.0877. The average Bonchev–Trinajstić information content (AvgIpc) is 3.06. The molecule has 2 amide bonds. The number of hydrogen-bond acceptors (Lipinski definition) is 6. The first-order valence-corrected chi connectivity index (χ1v) is 13.0. The number of hydrogen-bond donors (Lipinski definition) is 2. The van der Waals surface area contributed by atoms with Crippen molar-refractivity contribution < 1.29 is 29.1 Å². The molecule has 36 heavy (non-hydrogen) atoms. The first kappa shape index (κ1) is 26.6. The van der Waals surface area contributed by atoms with E-state index in [9.17, 15) is 19.7 Å². The van der Waals surface area contributed by atoms with Gasteiger partial charge in [-0.25, -0.2) is 0 Å². The maximum atomic E-state index is 13.3. The zero-order valence-corrected chi connectivity index (χ0v) is 22.0. The number of carbonyl (C=O) groups excluding carboxylic acids is 2. The van der Waals surface area contributed by atoms with E-state index < -0.39 is 13.0 Å². The maximum absolute atomic E-state index is 13.3. The van der Waals surface area contributed by atoms with Gasteiger partial charge in [0.05, 0.1) is 24.5 Å². The second-order valence-corrected chi connectivity index (χ2v) is 10.6. The lowest BCUT2D eigenvalue weighted by Gasteiger charge is -2.43. The highest BCUT2D eigenvalue weighted by atomic mass is 16.5. The number of amides is 2. The largest absolute Gasteiger partial charge is 0.507 e. The van der Waals surface area contributed by atoms with Crippen molar-refractivity contribution in [3.63, 3.8) is 0 Å². The van der Waals surface area contributed by atoms with E-state index in [0.717, 1.165) is 46.3 Å². The number of allylic oxidation sites excluding steroid dienone is 1. The van der Waals surface area contributed by atoms with Crippen LogP contribution in [0.2, 0.25) is 6.32 Å². The monoisotopic (exact) mass is 495 g/mol. The van der Waals surface area contributed by atoms with Crippen molar-refractivity contribution in [3.05, 3.63) is 45.5 Å². The van der Waals surface area contributed by atoms with Crippen LogP contribution in [0.4, 0.5) is 0 Å². The molecule has 2 heterocycles. The summed E-state index contributed by atoms with van der Waals surface area (Å²) in [5.41, 5.74) is 5.96. The molecular formula is C28H38BNO6. The van der Waals surface area contributed by atoms with Gasteiger partial charge in [0.2, 0.25) is 11.8 Å². The summed E-state index contributed by atoms with van der Waals surface area (Å²) >= 11 is 0. The number of carbonyl (C=O) groups is 2. The summed E-state index contributed by atoms with van der Waals surface area (Å²) in [5, 5.41) is 20.7. The minimum Gasteiger partial charge on any atom is -0.507 e. The molecule has 2 saturated heterocycles. The van der Waals surface area contributed by atoms with E-state index in [1.165, 1.54) is 4.90 Å². The Labute approximate surface area is 214 Å². The Morgan fingerprint density at radius 3 is 2.56 bits per heavy atom. The number of aryl methyl sites for hydroxylation is 2. The Hall–Kier alpha value is -2.42. The van der Waals surface area contributed by atoms with Gasteiger partial charge in [0.15, 0.2) is 0 Å². The van der Waals surface area contributed by atoms with Crippen LogP contribution in [0, 0.1) is 31.6 Å².